The zero-order valence-electron chi connectivity index (χ0n) is 17.2. The fourth-order valence-corrected chi connectivity index (χ4v) is 3.64. The lowest BCUT2D eigenvalue weighted by Gasteiger charge is -2.20. The first kappa shape index (κ1) is 24.1. The molecule has 5 N–H and O–H groups in total. The van der Waals surface area contributed by atoms with Crippen molar-refractivity contribution in [3.05, 3.63) is 57.6 Å². The van der Waals surface area contributed by atoms with Crippen LogP contribution in [-0.4, -0.2) is 59.0 Å². The number of hydrogen-bond donors (Lipinski definition) is 5. The smallest absolute Gasteiger partial charge is 0.305 e. The van der Waals surface area contributed by atoms with Crippen LogP contribution in [0.1, 0.15) is 28.4 Å². The van der Waals surface area contributed by atoms with Gasteiger partial charge in [-0.2, -0.15) is 0 Å². The fourth-order valence-electron chi connectivity index (χ4n) is 3.13. The maximum absolute atomic E-state index is 12.5. The molecule has 12 heteroatoms. The van der Waals surface area contributed by atoms with Crippen LogP contribution in [-0.2, 0) is 9.59 Å². The Bertz CT molecular complexity index is 1090. The number of carboxylic acid groups (broad SMARTS) is 1. The second kappa shape index (κ2) is 10.9. The van der Waals surface area contributed by atoms with Crippen LogP contribution >= 0.6 is 23.2 Å². The van der Waals surface area contributed by atoms with Gasteiger partial charge in [0.05, 0.1) is 42.8 Å². The Labute approximate surface area is 199 Å². The summed E-state index contributed by atoms with van der Waals surface area (Å²) in [6, 6.07) is 8.19. The lowest BCUT2D eigenvalue weighted by molar-refractivity contribution is -0.137. The molecule has 1 aliphatic heterocycles. The van der Waals surface area contributed by atoms with Gasteiger partial charge in [-0.3, -0.25) is 29.8 Å². The molecule has 0 fully saturated rings. The molecule has 2 aromatic carbocycles. The maximum Gasteiger partial charge on any atom is 0.305 e. The molecule has 1 atom stereocenters. The molecule has 0 aliphatic carbocycles. The Kier molecular flexibility index (Phi) is 7.96. The van der Waals surface area contributed by atoms with Gasteiger partial charge in [0.1, 0.15) is 12.1 Å². The molecule has 0 spiro atoms. The molecular formula is C21H21Cl2N5O5. The third-order valence-corrected chi connectivity index (χ3v) is 5.15. The van der Waals surface area contributed by atoms with Gasteiger partial charge in [-0.25, -0.2) is 0 Å². The highest BCUT2D eigenvalue weighted by atomic mass is 35.5. The minimum absolute atomic E-state index is 0.0544. The number of benzene rings is 2. The average Bonchev–Trinajstić information content (AvgIpc) is 3.27. The van der Waals surface area contributed by atoms with Gasteiger partial charge in [0, 0.05) is 16.1 Å². The molecule has 1 heterocycles. The Morgan fingerprint density at radius 2 is 1.97 bits per heavy atom. The second-order valence-corrected chi connectivity index (χ2v) is 7.98. The van der Waals surface area contributed by atoms with E-state index < -0.39 is 36.8 Å². The highest BCUT2D eigenvalue weighted by molar-refractivity contribution is 6.35. The average molecular weight is 494 g/mol. The molecule has 3 rings (SSSR count). The second-order valence-electron chi connectivity index (χ2n) is 7.13. The van der Waals surface area contributed by atoms with Crippen molar-refractivity contribution in [3.8, 4) is 5.75 Å². The number of aliphatic imine (C=N–C) groups is 1. The van der Waals surface area contributed by atoms with E-state index in [1.54, 1.807) is 35.6 Å². The van der Waals surface area contributed by atoms with Crippen LogP contribution in [0, 0.1) is 0 Å². The van der Waals surface area contributed by atoms with Crippen molar-refractivity contribution in [1.82, 2.24) is 15.6 Å². The number of carbonyl (C=O) groups excluding carboxylic acids is 2. The number of hydrazine groups is 1. The number of carbonyl (C=O) groups is 3. The van der Waals surface area contributed by atoms with Crippen molar-refractivity contribution in [3.63, 3.8) is 0 Å². The van der Waals surface area contributed by atoms with E-state index in [0.717, 1.165) is 0 Å². The number of carboxylic acids is 1. The maximum atomic E-state index is 12.5. The van der Waals surface area contributed by atoms with Crippen molar-refractivity contribution in [2.45, 2.75) is 12.5 Å². The molecule has 174 valence electrons. The largest absolute Gasteiger partial charge is 0.506 e. The minimum atomic E-state index is -1.22. The molecule has 1 aliphatic rings. The molecule has 0 aromatic heterocycles. The predicted octanol–water partition coefficient (Wildman–Crippen LogP) is 2.43. The molecule has 0 bridgehead atoms. The van der Waals surface area contributed by atoms with E-state index in [4.69, 9.17) is 23.2 Å². The zero-order chi connectivity index (χ0) is 24.0. The van der Waals surface area contributed by atoms with Crippen molar-refractivity contribution < 1.29 is 24.6 Å². The first-order valence-electron chi connectivity index (χ1n) is 9.83. The topological polar surface area (TPSA) is 143 Å². The number of phenolic OH excluding ortho intramolecular Hbond substituents is 1. The molecule has 0 saturated heterocycles. The molecular weight excluding hydrogens is 473 g/mol. The van der Waals surface area contributed by atoms with Gasteiger partial charge in [-0.1, -0.05) is 29.3 Å². The number of rotatable bonds is 9. The van der Waals surface area contributed by atoms with Gasteiger partial charge in [-0.05, 0) is 30.3 Å². The number of nitrogens with zero attached hydrogens (tertiary/aromatic N) is 2. The standard InChI is InChI=1S/C21H21Cl2N5O5/c22-13-7-15(20(32)16(23)8-13)17(9-19(30)31)26-18(29)10-25-21(33)12-2-1-3-14(6-12)27-28-5-4-24-11-28/h1-3,6-8,11,17,27,32H,4-5,9-10H2,(H,25,33)(H,26,29)(H,30,31). The summed E-state index contributed by atoms with van der Waals surface area (Å²) in [5.74, 6) is -2.75. The van der Waals surface area contributed by atoms with Crippen molar-refractivity contribution in [2.75, 3.05) is 25.1 Å². The summed E-state index contributed by atoms with van der Waals surface area (Å²) in [7, 11) is 0. The van der Waals surface area contributed by atoms with Crippen LogP contribution in [0.3, 0.4) is 0 Å². The monoisotopic (exact) mass is 493 g/mol. The van der Waals surface area contributed by atoms with E-state index in [2.05, 4.69) is 21.1 Å². The highest BCUT2D eigenvalue weighted by Gasteiger charge is 2.23. The van der Waals surface area contributed by atoms with Crippen molar-refractivity contribution >= 4 is 53.0 Å². The summed E-state index contributed by atoms with van der Waals surface area (Å²) < 4.78 is 0. The Balaban J connectivity index is 1.62. The number of hydrogen-bond acceptors (Lipinski definition) is 7. The summed E-state index contributed by atoms with van der Waals surface area (Å²) in [5.41, 5.74) is 4.16. The van der Waals surface area contributed by atoms with E-state index in [1.807, 2.05) is 0 Å². The zero-order valence-corrected chi connectivity index (χ0v) is 18.7. The summed E-state index contributed by atoms with van der Waals surface area (Å²) >= 11 is 11.9. The molecule has 0 radical (unpaired) electrons. The molecule has 33 heavy (non-hydrogen) atoms. The van der Waals surface area contributed by atoms with Gasteiger partial charge in [-0.15, -0.1) is 0 Å². The van der Waals surface area contributed by atoms with Crippen LogP contribution in [0.5, 0.6) is 5.75 Å². The van der Waals surface area contributed by atoms with E-state index in [9.17, 15) is 24.6 Å². The number of anilines is 1. The van der Waals surface area contributed by atoms with E-state index in [-0.39, 0.29) is 21.4 Å². The third-order valence-electron chi connectivity index (χ3n) is 4.65. The van der Waals surface area contributed by atoms with E-state index in [1.165, 1.54) is 12.1 Å². The van der Waals surface area contributed by atoms with Gasteiger partial charge < -0.3 is 20.8 Å². The lowest BCUT2D eigenvalue weighted by atomic mass is 10.0. The van der Waals surface area contributed by atoms with Crippen LogP contribution in [0.4, 0.5) is 5.69 Å². The number of amides is 2. The summed E-state index contributed by atoms with van der Waals surface area (Å²) in [6.07, 6.45) is 1.13. The van der Waals surface area contributed by atoms with E-state index in [0.29, 0.717) is 24.3 Å². The number of phenols is 1. The van der Waals surface area contributed by atoms with Crippen LogP contribution in [0.2, 0.25) is 10.0 Å². The van der Waals surface area contributed by atoms with Gasteiger partial charge in [0.15, 0.2) is 0 Å². The van der Waals surface area contributed by atoms with Crippen molar-refractivity contribution in [2.24, 2.45) is 4.99 Å². The van der Waals surface area contributed by atoms with Crippen LogP contribution in [0.15, 0.2) is 41.4 Å². The Morgan fingerprint density at radius 3 is 2.67 bits per heavy atom. The number of aromatic hydroxyl groups is 1. The Hall–Kier alpha value is -3.50. The highest BCUT2D eigenvalue weighted by Crippen LogP contribution is 2.36. The molecule has 10 nitrogen and oxygen atoms in total. The molecule has 1 unspecified atom stereocenters. The fraction of sp³-hybridized carbons (Fsp3) is 0.238. The van der Waals surface area contributed by atoms with E-state index >= 15 is 0 Å². The number of halogens is 2. The van der Waals surface area contributed by atoms with Gasteiger partial charge in [0.25, 0.3) is 5.91 Å². The number of nitrogens with one attached hydrogen (secondary N) is 3. The summed E-state index contributed by atoms with van der Waals surface area (Å²) in [4.78, 5) is 40.3. The first-order chi connectivity index (χ1) is 15.7. The van der Waals surface area contributed by atoms with Gasteiger partial charge >= 0.3 is 5.97 Å². The molecule has 0 saturated carbocycles. The minimum Gasteiger partial charge on any atom is -0.506 e. The van der Waals surface area contributed by atoms with Gasteiger partial charge in [0.2, 0.25) is 5.91 Å². The van der Waals surface area contributed by atoms with Crippen LogP contribution < -0.4 is 16.1 Å². The molecule has 2 aromatic rings. The first-order valence-corrected chi connectivity index (χ1v) is 10.6. The quantitative estimate of drug-likeness (QED) is 0.360. The van der Waals surface area contributed by atoms with Crippen molar-refractivity contribution in [1.29, 1.82) is 0 Å². The molecule has 2 amide bonds. The SMILES string of the molecule is O=C(O)CC(NC(=O)CNC(=O)c1cccc(NN2C=NCC2)c1)c1cc(Cl)cc(Cl)c1O. The Morgan fingerprint density at radius 1 is 1.18 bits per heavy atom. The van der Waals surface area contributed by atoms with Crippen LogP contribution in [0.25, 0.3) is 0 Å². The normalized spacial score (nSPS) is 13.5. The summed E-state index contributed by atoms with van der Waals surface area (Å²) in [6.45, 7) is 0.978. The third kappa shape index (κ3) is 6.74. The predicted molar refractivity (Wildman–Crippen MR) is 124 cm³/mol. The summed E-state index contributed by atoms with van der Waals surface area (Å²) in [5, 5.41) is 26.2. The number of aliphatic carboxylic acids is 1. The lowest BCUT2D eigenvalue weighted by Crippen LogP contribution is -2.39.